The minimum absolute atomic E-state index is 0.0334. The molecule has 0 spiro atoms. The molecule has 2 saturated heterocycles. The molecule has 182 valence electrons. The third kappa shape index (κ3) is 3.59. The van der Waals surface area contributed by atoms with E-state index < -0.39 is 17.5 Å². The van der Waals surface area contributed by atoms with Gasteiger partial charge in [0, 0.05) is 25.2 Å². The van der Waals surface area contributed by atoms with Gasteiger partial charge >= 0.3 is 6.03 Å². The highest BCUT2D eigenvalue weighted by Gasteiger charge is 2.50. The Labute approximate surface area is 207 Å². The molecule has 2 aliphatic rings. The first-order chi connectivity index (χ1) is 17.4. The highest BCUT2D eigenvalue weighted by atomic mass is 16.2. The number of likely N-dealkylation sites (tertiary alicyclic amines) is 1. The Morgan fingerprint density at radius 3 is 2.72 bits per heavy atom. The Balaban J connectivity index is 1.19. The molecule has 2 aliphatic heterocycles. The van der Waals surface area contributed by atoms with Gasteiger partial charge in [0.2, 0.25) is 5.91 Å². The molecule has 2 aromatic carbocycles. The highest BCUT2D eigenvalue weighted by Crippen LogP contribution is 2.32. The largest absolute Gasteiger partial charge is 0.340 e. The molecular formula is C27H26N6O3. The van der Waals surface area contributed by atoms with Crippen molar-refractivity contribution in [3.05, 3.63) is 78.2 Å². The van der Waals surface area contributed by atoms with Gasteiger partial charge in [-0.15, -0.1) is 10.2 Å². The van der Waals surface area contributed by atoms with Crippen molar-refractivity contribution >= 4 is 34.3 Å². The quantitative estimate of drug-likeness (QED) is 0.451. The molecule has 0 bridgehead atoms. The van der Waals surface area contributed by atoms with Crippen molar-refractivity contribution < 1.29 is 14.4 Å². The molecule has 9 heteroatoms. The Kier molecular flexibility index (Phi) is 5.21. The van der Waals surface area contributed by atoms with Crippen molar-refractivity contribution in [1.82, 2.24) is 29.7 Å². The minimum Gasteiger partial charge on any atom is -0.340 e. The monoisotopic (exact) mass is 482 g/mol. The number of carbonyl (C=O) groups excluding carboxylic acids is 3. The van der Waals surface area contributed by atoms with Crippen molar-refractivity contribution in [2.45, 2.75) is 31.2 Å². The molecule has 0 saturated carbocycles. The topological polar surface area (TPSA) is 99.9 Å². The molecule has 4 aromatic rings. The van der Waals surface area contributed by atoms with Crippen LogP contribution in [0.1, 0.15) is 37.1 Å². The Morgan fingerprint density at radius 1 is 1.06 bits per heavy atom. The normalized spacial score (nSPS) is 22.4. The van der Waals surface area contributed by atoms with Crippen LogP contribution in [0.2, 0.25) is 0 Å². The lowest BCUT2D eigenvalue weighted by Gasteiger charge is -2.32. The summed E-state index contributed by atoms with van der Waals surface area (Å²) in [5.41, 5.74) is 0.223. The van der Waals surface area contributed by atoms with Gasteiger partial charge in [-0.1, -0.05) is 42.5 Å². The number of nitrogens with zero attached hydrogens (tertiary/aromatic N) is 5. The molecule has 0 radical (unpaired) electrons. The average Bonchev–Trinajstić information content (AvgIpc) is 3.43. The first-order valence-corrected chi connectivity index (χ1v) is 12.1. The summed E-state index contributed by atoms with van der Waals surface area (Å²) in [6, 6.07) is 18.7. The van der Waals surface area contributed by atoms with E-state index in [-0.39, 0.29) is 18.4 Å². The standard InChI is InChI=1S/C27H26N6O3/c1-27(21-12-11-18-7-2-3-8-19(18)15-21)25(35)33(26(36)28-27)17-23(34)31-13-6-9-20(16-31)24-30-29-22-10-4-5-14-32(22)24/h2-5,7-8,10-12,14-15,20H,6,9,13,16-17H2,1H3,(H,28,36). The van der Waals surface area contributed by atoms with Crippen LogP contribution in [-0.4, -0.2) is 61.9 Å². The number of piperidine rings is 1. The van der Waals surface area contributed by atoms with Crippen molar-refractivity contribution in [2.75, 3.05) is 19.6 Å². The minimum atomic E-state index is -1.23. The number of aromatic nitrogens is 3. The van der Waals surface area contributed by atoms with Crippen LogP contribution in [-0.2, 0) is 15.1 Å². The maximum atomic E-state index is 13.4. The molecular weight excluding hydrogens is 456 g/mol. The van der Waals surface area contributed by atoms with E-state index in [4.69, 9.17) is 0 Å². The molecule has 2 fully saturated rings. The van der Waals surface area contributed by atoms with Crippen molar-refractivity contribution in [1.29, 1.82) is 0 Å². The Morgan fingerprint density at radius 2 is 1.86 bits per heavy atom. The van der Waals surface area contributed by atoms with Gasteiger partial charge in [-0.05, 0) is 54.3 Å². The van der Waals surface area contributed by atoms with E-state index in [9.17, 15) is 14.4 Å². The van der Waals surface area contributed by atoms with Crippen molar-refractivity contribution in [2.24, 2.45) is 0 Å². The summed E-state index contributed by atoms with van der Waals surface area (Å²) in [7, 11) is 0. The highest BCUT2D eigenvalue weighted by molar-refractivity contribution is 6.09. The van der Waals surface area contributed by atoms with Gasteiger partial charge in [0.1, 0.15) is 17.9 Å². The lowest BCUT2D eigenvalue weighted by Crippen LogP contribution is -2.47. The van der Waals surface area contributed by atoms with E-state index in [1.807, 2.05) is 71.3 Å². The lowest BCUT2D eigenvalue weighted by atomic mass is 9.90. The smallest absolute Gasteiger partial charge is 0.325 e. The number of hydrogen-bond donors (Lipinski definition) is 1. The van der Waals surface area contributed by atoms with Gasteiger partial charge in [0.05, 0.1) is 0 Å². The van der Waals surface area contributed by atoms with Crippen molar-refractivity contribution in [3.63, 3.8) is 0 Å². The predicted octanol–water partition coefficient (Wildman–Crippen LogP) is 3.06. The number of pyridine rings is 1. The maximum absolute atomic E-state index is 13.4. The number of carbonyl (C=O) groups is 3. The Hall–Kier alpha value is -4.27. The number of fused-ring (bicyclic) bond motifs is 2. The molecule has 36 heavy (non-hydrogen) atoms. The second-order valence-corrected chi connectivity index (χ2v) is 9.67. The average molecular weight is 483 g/mol. The zero-order valence-corrected chi connectivity index (χ0v) is 19.9. The van der Waals surface area contributed by atoms with E-state index in [1.165, 1.54) is 0 Å². The van der Waals surface area contributed by atoms with E-state index in [0.717, 1.165) is 40.0 Å². The molecule has 4 heterocycles. The van der Waals surface area contributed by atoms with E-state index in [0.29, 0.717) is 18.7 Å². The number of benzene rings is 2. The summed E-state index contributed by atoms with van der Waals surface area (Å²) >= 11 is 0. The molecule has 2 atom stereocenters. The molecule has 2 unspecified atom stereocenters. The zero-order chi connectivity index (χ0) is 24.9. The van der Waals surface area contributed by atoms with Crippen LogP contribution < -0.4 is 5.32 Å². The first kappa shape index (κ1) is 22.2. The lowest BCUT2D eigenvalue weighted by molar-refractivity contribution is -0.139. The number of rotatable bonds is 4. The van der Waals surface area contributed by atoms with E-state index in [2.05, 4.69) is 15.5 Å². The van der Waals surface area contributed by atoms with Gasteiger partial charge < -0.3 is 10.2 Å². The fourth-order valence-corrected chi connectivity index (χ4v) is 5.32. The number of hydrogen-bond acceptors (Lipinski definition) is 5. The molecule has 1 N–H and O–H groups in total. The molecule has 9 nitrogen and oxygen atoms in total. The summed E-state index contributed by atoms with van der Waals surface area (Å²) in [6.45, 7) is 2.45. The summed E-state index contributed by atoms with van der Waals surface area (Å²) in [5.74, 6) is 0.181. The van der Waals surface area contributed by atoms with Crippen LogP contribution in [0.3, 0.4) is 0 Å². The SMILES string of the molecule is CC1(c2ccc3ccccc3c2)NC(=O)N(CC(=O)N2CCCC(c3nnc4ccccn34)C2)C1=O. The summed E-state index contributed by atoms with van der Waals surface area (Å²) in [6.07, 6.45) is 3.63. The third-order valence-electron chi connectivity index (χ3n) is 7.37. The predicted molar refractivity (Wildman–Crippen MR) is 133 cm³/mol. The number of nitrogens with one attached hydrogen (secondary N) is 1. The van der Waals surface area contributed by atoms with Crippen molar-refractivity contribution in [3.8, 4) is 0 Å². The second-order valence-electron chi connectivity index (χ2n) is 9.67. The van der Waals surface area contributed by atoms with Gasteiger partial charge in [-0.25, -0.2) is 4.79 Å². The van der Waals surface area contributed by atoms with Crippen LogP contribution in [0.15, 0.2) is 66.9 Å². The maximum Gasteiger partial charge on any atom is 0.325 e. The van der Waals surface area contributed by atoms with Gasteiger partial charge in [0.25, 0.3) is 5.91 Å². The number of urea groups is 1. The van der Waals surface area contributed by atoms with Gasteiger partial charge in [-0.3, -0.25) is 18.9 Å². The molecule has 4 amide bonds. The number of imide groups is 1. The van der Waals surface area contributed by atoms with Crippen LogP contribution >= 0.6 is 0 Å². The molecule has 0 aliphatic carbocycles. The van der Waals surface area contributed by atoms with Gasteiger partial charge in [0.15, 0.2) is 5.65 Å². The third-order valence-corrected chi connectivity index (χ3v) is 7.37. The fraction of sp³-hybridized carbons (Fsp3) is 0.296. The van der Waals surface area contributed by atoms with Crippen LogP contribution in [0.25, 0.3) is 16.4 Å². The first-order valence-electron chi connectivity index (χ1n) is 12.1. The number of amides is 4. The van der Waals surface area contributed by atoms with Crippen LogP contribution in [0.5, 0.6) is 0 Å². The van der Waals surface area contributed by atoms with Crippen LogP contribution in [0.4, 0.5) is 4.79 Å². The molecule has 6 rings (SSSR count). The van der Waals surface area contributed by atoms with E-state index in [1.54, 1.807) is 11.8 Å². The fourth-order valence-electron chi connectivity index (χ4n) is 5.32. The van der Waals surface area contributed by atoms with E-state index >= 15 is 0 Å². The summed E-state index contributed by atoms with van der Waals surface area (Å²) < 4.78 is 1.95. The zero-order valence-electron chi connectivity index (χ0n) is 19.9. The second kappa shape index (κ2) is 8.44. The van der Waals surface area contributed by atoms with Gasteiger partial charge in [-0.2, -0.15) is 0 Å². The summed E-state index contributed by atoms with van der Waals surface area (Å²) in [4.78, 5) is 42.3. The van der Waals surface area contributed by atoms with Crippen LogP contribution in [0, 0.1) is 0 Å². The molecule has 2 aromatic heterocycles. The summed E-state index contributed by atoms with van der Waals surface area (Å²) in [5, 5.41) is 13.4. The Bertz CT molecular complexity index is 1510.